The third kappa shape index (κ3) is 7.19. The van der Waals surface area contributed by atoms with Crippen LogP contribution in [-0.4, -0.2) is 71.2 Å². The first-order valence-electron chi connectivity index (χ1n) is 15.2. The molecule has 0 spiro atoms. The Morgan fingerprint density at radius 1 is 0.870 bits per heavy atom. The van der Waals surface area contributed by atoms with Gasteiger partial charge in [0.15, 0.2) is 23.0 Å². The number of carbonyl (C=O) groups excluding carboxylic acids is 2. The zero-order valence-corrected chi connectivity index (χ0v) is 28.6. The number of rotatable bonds is 14. The van der Waals surface area contributed by atoms with E-state index in [0.717, 1.165) is 27.8 Å². The molecule has 2 unspecified atom stereocenters. The molecule has 3 atom stereocenters. The summed E-state index contributed by atoms with van der Waals surface area (Å²) in [5, 5.41) is 18.4. The number of hydrogen-bond acceptors (Lipinski definition) is 8. The van der Waals surface area contributed by atoms with Gasteiger partial charge in [0, 0.05) is 44.5 Å². The van der Waals surface area contributed by atoms with Gasteiger partial charge in [0.25, 0.3) is 0 Å². The van der Waals surface area contributed by atoms with E-state index in [4.69, 9.17) is 24.1 Å². The van der Waals surface area contributed by atoms with Crippen LogP contribution in [0.3, 0.4) is 0 Å². The molecule has 4 rings (SSSR count). The maximum Gasteiger partial charge on any atom is 0.306 e. The van der Waals surface area contributed by atoms with Crippen molar-refractivity contribution in [3.8, 4) is 23.0 Å². The lowest BCUT2D eigenvalue weighted by atomic mass is 9.99. The molecule has 0 saturated carbocycles. The van der Waals surface area contributed by atoms with E-state index in [1.807, 2.05) is 26.0 Å². The van der Waals surface area contributed by atoms with Gasteiger partial charge < -0.3 is 39.0 Å². The molecule has 46 heavy (non-hydrogen) atoms. The number of halogens is 1. The van der Waals surface area contributed by atoms with Gasteiger partial charge in [-0.25, -0.2) is 0 Å². The second kappa shape index (κ2) is 14.6. The number of ether oxygens (including phenoxy) is 4. The molecule has 0 saturated heterocycles. The maximum absolute atomic E-state index is 13.0. The minimum absolute atomic E-state index is 0.0597. The number of aliphatic carboxylic acids is 2. The van der Waals surface area contributed by atoms with Crippen LogP contribution in [0.5, 0.6) is 23.0 Å². The third-order valence-electron chi connectivity index (χ3n) is 8.66. The fraction of sp³-hybridized carbons (Fsp3) is 0.515. The largest absolute Gasteiger partial charge is 0.493 e. The first-order valence-corrected chi connectivity index (χ1v) is 15.9. The van der Waals surface area contributed by atoms with Crippen LogP contribution in [-0.2, 0) is 38.8 Å². The van der Waals surface area contributed by atoms with E-state index in [9.17, 15) is 24.3 Å². The zero-order chi connectivity index (χ0) is 33.9. The van der Waals surface area contributed by atoms with Crippen molar-refractivity contribution in [3.63, 3.8) is 0 Å². The molecule has 12 nitrogen and oxygen atoms in total. The summed E-state index contributed by atoms with van der Waals surface area (Å²) in [5.41, 5.74) is 4.56. The topological polar surface area (TPSA) is 152 Å². The van der Waals surface area contributed by atoms with E-state index in [1.54, 1.807) is 24.0 Å². The van der Waals surface area contributed by atoms with Crippen molar-refractivity contribution in [3.05, 3.63) is 44.4 Å². The summed E-state index contributed by atoms with van der Waals surface area (Å²) in [6, 6.07) is 3.42. The van der Waals surface area contributed by atoms with Gasteiger partial charge in [-0.15, -0.1) is 0 Å². The molecule has 2 N–H and O–H groups in total. The molecule has 2 aromatic carbocycles. The van der Waals surface area contributed by atoms with Gasteiger partial charge in [-0.2, -0.15) is 0 Å². The van der Waals surface area contributed by atoms with Gasteiger partial charge in [-0.3, -0.25) is 19.2 Å². The smallest absolute Gasteiger partial charge is 0.306 e. The number of methoxy groups -OCH3 is 2. The Labute approximate surface area is 276 Å². The number of amides is 2. The summed E-state index contributed by atoms with van der Waals surface area (Å²) in [6.45, 7) is 8.61. The zero-order valence-electron chi connectivity index (χ0n) is 27.0. The second-order valence-electron chi connectivity index (χ2n) is 11.9. The van der Waals surface area contributed by atoms with Crippen LogP contribution in [0.4, 0.5) is 0 Å². The van der Waals surface area contributed by atoms with Crippen LogP contribution in [0.1, 0.15) is 73.9 Å². The number of nitrogens with zero attached hydrogens (tertiary/aromatic N) is 2. The number of carboxylic acid groups (broad SMARTS) is 2. The van der Waals surface area contributed by atoms with E-state index >= 15 is 0 Å². The van der Waals surface area contributed by atoms with Crippen molar-refractivity contribution < 1.29 is 48.3 Å². The Balaban J connectivity index is 1.39. The number of carboxylic acids is 2. The van der Waals surface area contributed by atoms with Crippen molar-refractivity contribution in [2.24, 2.45) is 11.8 Å². The van der Waals surface area contributed by atoms with Gasteiger partial charge >= 0.3 is 11.9 Å². The summed E-state index contributed by atoms with van der Waals surface area (Å²) < 4.78 is 24.2. The van der Waals surface area contributed by atoms with Crippen molar-refractivity contribution in [2.45, 2.75) is 72.6 Å². The Morgan fingerprint density at radius 3 is 2.00 bits per heavy atom. The number of benzene rings is 2. The lowest BCUT2D eigenvalue weighted by molar-refractivity contribution is -0.146. The monoisotopic (exact) mass is 704 g/mol. The summed E-state index contributed by atoms with van der Waals surface area (Å²) in [4.78, 5) is 51.5. The van der Waals surface area contributed by atoms with Crippen LogP contribution in [0, 0.1) is 18.8 Å². The minimum Gasteiger partial charge on any atom is -0.493 e. The maximum atomic E-state index is 13.0. The molecule has 0 aliphatic carbocycles. The van der Waals surface area contributed by atoms with Crippen LogP contribution in [0.2, 0.25) is 0 Å². The normalized spacial score (nSPS) is 16.4. The first kappa shape index (κ1) is 34.9. The summed E-state index contributed by atoms with van der Waals surface area (Å²) in [6.07, 6.45) is 0.384. The SMILES string of the molecule is COc1cc2c(cc1OCCCOc1c(Br)c3c(c(C)c1OC)CN(C(=O)CC(C)C(=O)O)C3C)CN(C(=O)C[C@H](C)C(=O)O)C2. The van der Waals surface area contributed by atoms with Crippen LogP contribution in [0.15, 0.2) is 16.6 Å². The summed E-state index contributed by atoms with van der Waals surface area (Å²) in [5.74, 6) is -1.81. The van der Waals surface area contributed by atoms with Gasteiger partial charge in [-0.05, 0) is 64.2 Å². The second-order valence-corrected chi connectivity index (χ2v) is 12.6. The van der Waals surface area contributed by atoms with E-state index in [0.29, 0.717) is 66.7 Å². The highest BCUT2D eigenvalue weighted by Crippen LogP contribution is 2.50. The standard InChI is InChI=1S/C33H41BrN2O10/c1-17(32(39)40)10-26(37)35-14-21-12-24(43-5)25(13-22(21)15-35)45-8-7-9-46-31-29(34)28-20(4)36(27(38)11-18(2)33(41)42)16-23(28)19(3)30(31)44-6/h12-13,17-18,20H,7-11,14-16H2,1-6H3,(H,39,40)(H,41,42)/t17-,18?,20?/m0/s1. The molecular formula is C33H41BrN2O10. The highest BCUT2D eigenvalue weighted by atomic mass is 79.9. The summed E-state index contributed by atoms with van der Waals surface area (Å²) in [7, 11) is 3.11. The van der Waals surface area contributed by atoms with Crippen LogP contribution in [0.25, 0.3) is 0 Å². The Hall–Kier alpha value is -4.00. The quantitative estimate of drug-likeness (QED) is 0.254. The fourth-order valence-corrected chi connectivity index (χ4v) is 6.72. The fourth-order valence-electron chi connectivity index (χ4n) is 5.86. The Bertz CT molecular complexity index is 1530. The molecule has 0 radical (unpaired) electrons. The first-order chi connectivity index (χ1) is 21.8. The molecular weight excluding hydrogens is 664 g/mol. The van der Waals surface area contributed by atoms with Crippen molar-refractivity contribution >= 4 is 39.7 Å². The average molecular weight is 706 g/mol. The molecule has 13 heteroatoms. The predicted molar refractivity (Wildman–Crippen MR) is 170 cm³/mol. The highest BCUT2D eigenvalue weighted by Gasteiger charge is 2.37. The predicted octanol–water partition coefficient (Wildman–Crippen LogP) is 5.09. The molecule has 2 aliphatic heterocycles. The lowest BCUT2D eigenvalue weighted by Crippen LogP contribution is -2.30. The van der Waals surface area contributed by atoms with Gasteiger partial charge in [0.1, 0.15) is 0 Å². The average Bonchev–Trinajstić information content (AvgIpc) is 3.59. The summed E-state index contributed by atoms with van der Waals surface area (Å²) >= 11 is 3.70. The molecule has 2 heterocycles. The van der Waals surface area contributed by atoms with E-state index < -0.39 is 23.8 Å². The van der Waals surface area contributed by atoms with Gasteiger partial charge in [0.05, 0.1) is 49.8 Å². The molecule has 2 aromatic rings. The van der Waals surface area contributed by atoms with Crippen molar-refractivity contribution in [1.82, 2.24) is 9.80 Å². The molecule has 0 fully saturated rings. The molecule has 2 aliphatic rings. The number of hydrogen-bond donors (Lipinski definition) is 2. The van der Waals surface area contributed by atoms with Crippen molar-refractivity contribution in [1.29, 1.82) is 0 Å². The highest BCUT2D eigenvalue weighted by molar-refractivity contribution is 9.10. The van der Waals surface area contributed by atoms with E-state index in [-0.39, 0.29) is 30.7 Å². The Kier molecular flexibility index (Phi) is 11.1. The van der Waals surface area contributed by atoms with Gasteiger partial charge in [0.2, 0.25) is 11.8 Å². The number of carbonyl (C=O) groups is 4. The van der Waals surface area contributed by atoms with E-state index in [2.05, 4.69) is 15.9 Å². The minimum atomic E-state index is -1.01. The Morgan fingerprint density at radius 2 is 1.43 bits per heavy atom. The third-order valence-corrected chi connectivity index (χ3v) is 9.44. The van der Waals surface area contributed by atoms with E-state index in [1.165, 1.54) is 13.8 Å². The molecule has 250 valence electrons. The lowest BCUT2D eigenvalue weighted by Gasteiger charge is -2.23. The molecule has 2 amide bonds. The van der Waals surface area contributed by atoms with Crippen LogP contribution >= 0.6 is 15.9 Å². The number of fused-ring (bicyclic) bond motifs is 2. The van der Waals surface area contributed by atoms with Crippen molar-refractivity contribution in [2.75, 3.05) is 27.4 Å². The van der Waals surface area contributed by atoms with Crippen LogP contribution < -0.4 is 18.9 Å². The van der Waals surface area contributed by atoms with Gasteiger partial charge in [-0.1, -0.05) is 13.8 Å². The molecule has 0 aromatic heterocycles. The molecule has 0 bridgehead atoms.